The van der Waals surface area contributed by atoms with Crippen molar-refractivity contribution in [2.24, 2.45) is 0 Å². The van der Waals surface area contributed by atoms with Gasteiger partial charge in [0.05, 0.1) is 22.1 Å². The SMILES string of the molecule is CCn1c2cc(C)ccc2c(=O)c2cc3c(cc21)c(=O)c1ccc(C)cc1n3CC. The lowest BCUT2D eigenvalue weighted by Crippen LogP contribution is -2.15. The van der Waals surface area contributed by atoms with E-state index in [1.54, 1.807) is 0 Å². The lowest BCUT2D eigenvalue weighted by Gasteiger charge is -2.18. The maximum Gasteiger partial charge on any atom is 0.197 e. The molecule has 0 unspecified atom stereocenters. The van der Waals surface area contributed by atoms with Gasteiger partial charge in [-0.15, -0.1) is 0 Å². The van der Waals surface area contributed by atoms with Crippen LogP contribution >= 0.6 is 0 Å². The predicted molar refractivity (Wildman–Crippen MR) is 126 cm³/mol. The summed E-state index contributed by atoms with van der Waals surface area (Å²) in [7, 11) is 0. The van der Waals surface area contributed by atoms with Crippen LogP contribution in [-0.4, -0.2) is 9.13 Å². The zero-order chi connectivity index (χ0) is 21.2. The first kappa shape index (κ1) is 18.6. The normalized spacial score (nSPS) is 11.9. The second-order valence-corrected chi connectivity index (χ2v) is 8.07. The highest BCUT2D eigenvalue weighted by Crippen LogP contribution is 2.27. The van der Waals surface area contributed by atoms with Gasteiger partial charge in [0.15, 0.2) is 10.9 Å². The van der Waals surface area contributed by atoms with Crippen molar-refractivity contribution >= 4 is 43.6 Å². The molecule has 30 heavy (non-hydrogen) atoms. The molecule has 2 aromatic heterocycles. The lowest BCUT2D eigenvalue weighted by molar-refractivity contribution is 0.816. The van der Waals surface area contributed by atoms with Crippen LogP contribution in [0, 0.1) is 13.8 Å². The number of benzene rings is 3. The van der Waals surface area contributed by atoms with Crippen LogP contribution in [0.1, 0.15) is 25.0 Å². The Balaban J connectivity index is 2.09. The van der Waals surface area contributed by atoms with Crippen LogP contribution in [0.4, 0.5) is 0 Å². The second kappa shape index (κ2) is 6.56. The van der Waals surface area contributed by atoms with Crippen LogP contribution in [0.2, 0.25) is 0 Å². The molecule has 5 aromatic rings. The molecule has 4 heteroatoms. The van der Waals surface area contributed by atoms with Gasteiger partial charge < -0.3 is 9.13 Å². The van der Waals surface area contributed by atoms with E-state index in [0.29, 0.717) is 10.8 Å². The van der Waals surface area contributed by atoms with Crippen LogP contribution in [0.3, 0.4) is 0 Å². The smallest absolute Gasteiger partial charge is 0.197 e. The minimum absolute atomic E-state index is 0.0195. The number of rotatable bonds is 2. The van der Waals surface area contributed by atoms with E-state index in [2.05, 4.69) is 35.1 Å². The highest BCUT2D eigenvalue weighted by molar-refractivity contribution is 6.03. The molecule has 0 saturated heterocycles. The van der Waals surface area contributed by atoms with Gasteiger partial charge >= 0.3 is 0 Å². The standard InChI is InChI=1S/C26H24N2O2/c1-5-27-21-11-15(3)7-9-17(21)25(29)19-14-24-20(13-23(19)27)26(30)18-10-8-16(4)12-22(18)28(24)6-2/h7-14H,5-6H2,1-4H3. The molecule has 3 aromatic carbocycles. The minimum Gasteiger partial charge on any atom is -0.341 e. The summed E-state index contributed by atoms with van der Waals surface area (Å²) in [6, 6.07) is 15.7. The maximum atomic E-state index is 13.4. The third kappa shape index (κ3) is 2.46. The van der Waals surface area contributed by atoms with E-state index in [1.807, 2.05) is 50.2 Å². The van der Waals surface area contributed by atoms with Gasteiger partial charge in [0.2, 0.25) is 0 Å². The van der Waals surface area contributed by atoms with Crippen molar-refractivity contribution in [1.29, 1.82) is 0 Å². The quantitative estimate of drug-likeness (QED) is 0.381. The Morgan fingerprint density at radius 3 is 1.30 bits per heavy atom. The van der Waals surface area contributed by atoms with Crippen molar-refractivity contribution in [3.63, 3.8) is 0 Å². The van der Waals surface area contributed by atoms with Gasteiger partial charge in [-0.25, -0.2) is 0 Å². The first-order valence-electron chi connectivity index (χ1n) is 10.5. The van der Waals surface area contributed by atoms with Crippen molar-refractivity contribution < 1.29 is 0 Å². The Bertz CT molecular complexity index is 1500. The molecule has 0 bridgehead atoms. The van der Waals surface area contributed by atoms with E-state index in [0.717, 1.165) is 57.1 Å². The van der Waals surface area contributed by atoms with Gasteiger partial charge in [0.1, 0.15) is 0 Å². The zero-order valence-electron chi connectivity index (χ0n) is 17.7. The van der Waals surface area contributed by atoms with E-state index >= 15 is 0 Å². The number of hydrogen-bond acceptors (Lipinski definition) is 2. The third-order valence-corrected chi connectivity index (χ3v) is 6.19. The number of aryl methyl sites for hydroxylation is 4. The van der Waals surface area contributed by atoms with Crippen LogP contribution in [0.25, 0.3) is 43.6 Å². The van der Waals surface area contributed by atoms with Gasteiger partial charge in [-0.3, -0.25) is 9.59 Å². The highest BCUT2D eigenvalue weighted by Gasteiger charge is 2.16. The Morgan fingerprint density at radius 2 is 0.933 bits per heavy atom. The molecule has 5 rings (SSSR count). The summed E-state index contributed by atoms with van der Waals surface area (Å²) in [5.41, 5.74) is 5.73. The van der Waals surface area contributed by atoms with E-state index in [-0.39, 0.29) is 10.9 Å². The fourth-order valence-corrected chi connectivity index (χ4v) is 4.73. The van der Waals surface area contributed by atoms with E-state index in [9.17, 15) is 9.59 Å². The van der Waals surface area contributed by atoms with Gasteiger partial charge in [-0.2, -0.15) is 0 Å². The van der Waals surface area contributed by atoms with Crippen molar-refractivity contribution in [3.05, 3.63) is 80.1 Å². The Hall–Kier alpha value is -3.40. The molecule has 0 aliphatic carbocycles. The molecule has 0 amide bonds. The van der Waals surface area contributed by atoms with Gasteiger partial charge in [-0.05, 0) is 75.2 Å². The number of nitrogens with zero attached hydrogens (tertiary/aromatic N) is 2. The summed E-state index contributed by atoms with van der Waals surface area (Å²) in [5.74, 6) is 0. The molecule has 150 valence electrons. The molecule has 0 aliphatic rings. The van der Waals surface area contributed by atoms with Crippen LogP contribution in [0.5, 0.6) is 0 Å². The molecule has 0 atom stereocenters. The lowest BCUT2D eigenvalue weighted by atomic mass is 10.0. The molecule has 0 aliphatic heterocycles. The summed E-state index contributed by atoms with van der Waals surface area (Å²) in [6.07, 6.45) is 0. The average molecular weight is 396 g/mol. The molecule has 0 saturated carbocycles. The molecule has 0 radical (unpaired) electrons. The van der Waals surface area contributed by atoms with E-state index in [4.69, 9.17) is 0 Å². The highest BCUT2D eigenvalue weighted by atomic mass is 16.1. The zero-order valence-corrected chi connectivity index (χ0v) is 17.7. The molecular formula is C26H24N2O2. The predicted octanol–water partition coefficient (Wildman–Crippen LogP) is 5.28. The van der Waals surface area contributed by atoms with E-state index < -0.39 is 0 Å². The molecule has 2 heterocycles. The van der Waals surface area contributed by atoms with Crippen molar-refractivity contribution in [3.8, 4) is 0 Å². The Labute approximate surface area is 174 Å². The monoisotopic (exact) mass is 396 g/mol. The topological polar surface area (TPSA) is 44.0 Å². The summed E-state index contributed by atoms with van der Waals surface area (Å²) in [4.78, 5) is 26.8. The number of aromatic nitrogens is 2. The summed E-state index contributed by atoms with van der Waals surface area (Å²) in [6.45, 7) is 9.64. The minimum atomic E-state index is 0.0195. The average Bonchev–Trinajstić information content (AvgIpc) is 2.73. The first-order chi connectivity index (χ1) is 14.4. The van der Waals surface area contributed by atoms with Gasteiger partial charge in [0, 0.05) is 34.6 Å². The molecule has 0 fully saturated rings. The third-order valence-electron chi connectivity index (χ3n) is 6.19. The van der Waals surface area contributed by atoms with Gasteiger partial charge in [0.25, 0.3) is 0 Å². The fraction of sp³-hybridized carbons (Fsp3) is 0.231. The first-order valence-corrected chi connectivity index (χ1v) is 10.5. The van der Waals surface area contributed by atoms with Crippen molar-refractivity contribution in [2.45, 2.75) is 40.8 Å². The van der Waals surface area contributed by atoms with Gasteiger partial charge in [-0.1, -0.05) is 12.1 Å². The Kier molecular flexibility index (Phi) is 4.07. The number of hydrogen-bond donors (Lipinski definition) is 0. The fourth-order valence-electron chi connectivity index (χ4n) is 4.73. The maximum absolute atomic E-state index is 13.4. The summed E-state index contributed by atoms with van der Waals surface area (Å²) in [5, 5.41) is 2.76. The molecular weight excluding hydrogens is 372 g/mol. The summed E-state index contributed by atoms with van der Waals surface area (Å²) < 4.78 is 4.29. The molecule has 4 nitrogen and oxygen atoms in total. The van der Waals surface area contributed by atoms with Crippen molar-refractivity contribution in [1.82, 2.24) is 9.13 Å². The molecule has 0 spiro atoms. The van der Waals surface area contributed by atoms with Crippen molar-refractivity contribution in [2.75, 3.05) is 0 Å². The summed E-state index contributed by atoms with van der Waals surface area (Å²) >= 11 is 0. The van der Waals surface area contributed by atoms with E-state index in [1.165, 1.54) is 0 Å². The molecule has 0 N–H and O–H groups in total. The number of fused-ring (bicyclic) bond motifs is 4. The van der Waals surface area contributed by atoms with Crippen LogP contribution in [0.15, 0.2) is 58.1 Å². The number of pyridine rings is 2. The largest absolute Gasteiger partial charge is 0.341 e. The van der Waals surface area contributed by atoms with Crippen LogP contribution < -0.4 is 10.9 Å². The second-order valence-electron chi connectivity index (χ2n) is 8.07. The van der Waals surface area contributed by atoms with Crippen LogP contribution in [-0.2, 0) is 13.1 Å². The Morgan fingerprint density at radius 1 is 0.567 bits per heavy atom.